The molecule has 4 heteroatoms. The maximum absolute atomic E-state index is 5.37. The van der Waals surface area contributed by atoms with Crippen LogP contribution in [0.5, 0.6) is 0 Å². The first-order chi connectivity index (χ1) is 9.65. The van der Waals surface area contributed by atoms with Crippen LogP contribution in [0.1, 0.15) is 16.7 Å². The van der Waals surface area contributed by atoms with Crippen molar-refractivity contribution in [2.75, 3.05) is 5.32 Å². The average molecular weight is 286 g/mol. The van der Waals surface area contributed by atoms with E-state index >= 15 is 0 Å². The van der Waals surface area contributed by atoms with Crippen LogP contribution in [-0.4, -0.2) is 5.11 Å². The van der Waals surface area contributed by atoms with E-state index in [1.807, 2.05) is 44.2 Å². The molecule has 0 bridgehead atoms. The highest BCUT2D eigenvalue weighted by atomic mass is 32.1. The summed E-state index contributed by atoms with van der Waals surface area (Å²) in [5.74, 6) is 0. The molecule has 0 heterocycles. The van der Waals surface area contributed by atoms with Gasteiger partial charge in [-0.2, -0.15) is 0 Å². The van der Waals surface area contributed by atoms with Gasteiger partial charge in [-0.1, -0.05) is 42.5 Å². The Morgan fingerprint density at radius 1 is 1.10 bits per heavy atom. The van der Waals surface area contributed by atoms with E-state index in [2.05, 4.69) is 29.0 Å². The van der Waals surface area contributed by atoms with Crippen LogP contribution < -0.4 is 10.8 Å². The van der Waals surface area contributed by atoms with Gasteiger partial charge in [0.1, 0.15) is 0 Å². The average Bonchev–Trinajstić information content (AvgIpc) is 2.44. The van der Waals surface area contributed by atoms with Crippen molar-refractivity contribution in [1.82, 2.24) is 5.48 Å². The summed E-state index contributed by atoms with van der Waals surface area (Å²) >= 11 is 5.21. The van der Waals surface area contributed by atoms with E-state index in [1.54, 1.807) is 0 Å². The zero-order valence-corrected chi connectivity index (χ0v) is 12.5. The molecule has 20 heavy (non-hydrogen) atoms. The number of nitrogens with one attached hydrogen (secondary N) is 2. The molecule has 2 N–H and O–H groups in total. The van der Waals surface area contributed by atoms with Crippen LogP contribution in [0.2, 0.25) is 0 Å². The molecule has 0 unspecified atom stereocenters. The van der Waals surface area contributed by atoms with Gasteiger partial charge in [-0.3, -0.25) is 4.84 Å². The van der Waals surface area contributed by atoms with Crippen molar-refractivity contribution in [2.24, 2.45) is 0 Å². The highest BCUT2D eigenvalue weighted by Crippen LogP contribution is 2.16. The van der Waals surface area contributed by atoms with Gasteiger partial charge in [0.15, 0.2) is 5.11 Å². The Bertz CT molecular complexity index is 584. The van der Waals surface area contributed by atoms with Crippen molar-refractivity contribution in [1.29, 1.82) is 0 Å². The smallest absolute Gasteiger partial charge is 0.195 e. The molecular weight excluding hydrogens is 268 g/mol. The molecule has 0 radical (unpaired) electrons. The zero-order valence-electron chi connectivity index (χ0n) is 11.6. The second kappa shape index (κ2) is 7.03. The van der Waals surface area contributed by atoms with E-state index in [0.717, 1.165) is 16.8 Å². The van der Waals surface area contributed by atoms with Gasteiger partial charge in [0.2, 0.25) is 0 Å². The van der Waals surface area contributed by atoms with Gasteiger partial charge >= 0.3 is 0 Å². The van der Waals surface area contributed by atoms with Crippen LogP contribution in [0, 0.1) is 13.8 Å². The lowest BCUT2D eigenvalue weighted by Gasteiger charge is -2.13. The molecule has 0 aliphatic heterocycles. The molecule has 2 aromatic rings. The summed E-state index contributed by atoms with van der Waals surface area (Å²) in [6.45, 7) is 4.55. The first-order valence-corrected chi connectivity index (χ1v) is 6.86. The summed E-state index contributed by atoms with van der Waals surface area (Å²) in [5, 5.41) is 3.59. The van der Waals surface area contributed by atoms with Crippen molar-refractivity contribution in [3.63, 3.8) is 0 Å². The summed E-state index contributed by atoms with van der Waals surface area (Å²) in [6.07, 6.45) is 0. The van der Waals surface area contributed by atoms with Crippen LogP contribution in [0.25, 0.3) is 0 Å². The van der Waals surface area contributed by atoms with E-state index in [4.69, 9.17) is 17.1 Å². The number of hydrogen-bond acceptors (Lipinski definition) is 2. The van der Waals surface area contributed by atoms with Gasteiger partial charge in [0, 0.05) is 5.69 Å². The summed E-state index contributed by atoms with van der Waals surface area (Å²) < 4.78 is 0. The van der Waals surface area contributed by atoms with Crippen LogP contribution in [0.3, 0.4) is 0 Å². The molecular formula is C16H18N2OS. The fourth-order valence-electron chi connectivity index (χ4n) is 1.78. The number of benzene rings is 2. The molecule has 0 aliphatic carbocycles. The standard InChI is InChI=1S/C16H18N2OS/c1-12-8-9-13(2)15(10-12)17-16(20)18-19-11-14-6-4-3-5-7-14/h3-10H,11H2,1-2H3,(H2,17,18,20). The van der Waals surface area contributed by atoms with Crippen LogP contribution in [-0.2, 0) is 11.4 Å². The number of thiocarbonyl (C=S) groups is 1. The van der Waals surface area contributed by atoms with E-state index in [1.165, 1.54) is 5.56 Å². The molecule has 0 saturated carbocycles. The fourth-order valence-corrected chi connectivity index (χ4v) is 1.95. The van der Waals surface area contributed by atoms with Crippen LogP contribution in [0.4, 0.5) is 5.69 Å². The molecule has 0 fully saturated rings. The third-order valence-corrected chi connectivity index (χ3v) is 3.07. The molecule has 0 spiro atoms. The predicted octanol–water partition coefficient (Wildman–Crippen LogP) is 3.72. The number of aryl methyl sites for hydroxylation is 2. The Labute approximate surface area is 124 Å². The molecule has 2 aromatic carbocycles. The highest BCUT2D eigenvalue weighted by Gasteiger charge is 2.01. The van der Waals surface area contributed by atoms with E-state index in [-0.39, 0.29) is 0 Å². The Morgan fingerprint density at radius 2 is 1.85 bits per heavy atom. The minimum Gasteiger partial charge on any atom is -0.331 e. The normalized spacial score (nSPS) is 10.1. The largest absolute Gasteiger partial charge is 0.331 e. The second-order valence-electron chi connectivity index (χ2n) is 4.65. The van der Waals surface area contributed by atoms with Crippen molar-refractivity contribution in [3.8, 4) is 0 Å². The van der Waals surface area contributed by atoms with Crippen molar-refractivity contribution >= 4 is 23.0 Å². The topological polar surface area (TPSA) is 33.3 Å². The van der Waals surface area contributed by atoms with Gasteiger partial charge in [0.05, 0.1) is 6.61 Å². The number of hydrogen-bond donors (Lipinski definition) is 2. The SMILES string of the molecule is Cc1ccc(C)c(NC(=S)NOCc2ccccc2)c1. The molecule has 0 amide bonds. The molecule has 104 valence electrons. The second-order valence-corrected chi connectivity index (χ2v) is 5.06. The first-order valence-electron chi connectivity index (χ1n) is 6.45. The summed E-state index contributed by atoms with van der Waals surface area (Å²) in [6, 6.07) is 16.1. The molecule has 0 atom stereocenters. The van der Waals surface area contributed by atoms with Gasteiger partial charge < -0.3 is 5.32 Å². The maximum atomic E-state index is 5.37. The van der Waals surface area contributed by atoms with E-state index < -0.39 is 0 Å². The lowest BCUT2D eigenvalue weighted by atomic mass is 10.1. The summed E-state index contributed by atoms with van der Waals surface area (Å²) in [4.78, 5) is 5.37. The third kappa shape index (κ3) is 4.33. The molecule has 0 saturated heterocycles. The van der Waals surface area contributed by atoms with Gasteiger partial charge in [-0.25, -0.2) is 5.48 Å². The maximum Gasteiger partial charge on any atom is 0.195 e. The van der Waals surface area contributed by atoms with E-state index in [0.29, 0.717) is 11.7 Å². The van der Waals surface area contributed by atoms with Crippen LogP contribution >= 0.6 is 12.2 Å². The summed E-state index contributed by atoms with van der Waals surface area (Å²) in [5.41, 5.74) is 7.16. The Morgan fingerprint density at radius 3 is 2.60 bits per heavy atom. The number of anilines is 1. The van der Waals surface area contributed by atoms with Crippen molar-refractivity contribution in [3.05, 3.63) is 65.2 Å². The third-order valence-electron chi connectivity index (χ3n) is 2.89. The highest BCUT2D eigenvalue weighted by molar-refractivity contribution is 7.80. The lowest BCUT2D eigenvalue weighted by Crippen LogP contribution is -2.28. The quantitative estimate of drug-likeness (QED) is 0.663. The molecule has 0 aliphatic rings. The molecule has 0 aromatic heterocycles. The Balaban J connectivity index is 1.82. The minimum absolute atomic E-state index is 0.453. The predicted molar refractivity (Wildman–Crippen MR) is 86.5 cm³/mol. The monoisotopic (exact) mass is 286 g/mol. The molecule has 3 nitrogen and oxygen atoms in total. The first kappa shape index (κ1) is 14.5. The van der Waals surface area contributed by atoms with Gasteiger partial charge in [-0.15, -0.1) is 0 Å². The molecule has 2 rings (SSSR count). The number of rotatable bonds is 4. The minimum atomic E-state index is 0.453. The Hall–Kier alpha value is -1.91. The van der Waals surface area contributed by atoms with Crippen LogP contribution in [0.15, 0.2) is 48.5 Å². The van der Waals surface area contributed by atoms with Gasteiger partial charge in [-0.05, 0) is 48.8 Å². The fraction of sp³-hybridized carbons (Fsp3) is 0.188. The van der Waals surface area contributed by atoms with E-state index in [9.17, 15) is 0 Å². The van der Waals surface area contributed by atoms with Crippen molar-refractivity contribution < 1.29 is 4.84 Å². The zero-order chi connectivity index (χ0) is 14.4. The van der Waals surface area contributed by atoms with Gasteiger partial charge in [0.25, 0.3) is 0 Å². The number of hydroxylamine groups is 1. The Kier molecular flexibility index (Phi) is 5.09. The summed E-state index contributed by atoms with van der Waals surface area (Å²) in [7, 11) is 0. The lowest BCUT2D eigenvalue weighted by molar-refractivity contribution is 0.0728. The van der Waals surface area contributed by atoms with Crippen molar-refractivity contribution in [2.45, 2.75) is 20.5 Å².